The minimum atomic E-state index is -0.136. The van der Waals surface area contributed by atoms with Gasteiger partial charge in [-0.3, -0.25) is 9.59 Å². The molecule has 0 radical (unpaired) electrons. The fourth-order valence-corrected chi connectivity index (χ4v) is 4.44. The van der Waals surface area contributed by atoms with Crippen molar-refractivity contribution < 1.29 is 9.59 Å². The number of anilines is 3. The van der Waals surface area contributed by atoms with Crippen LogP contribution in [0, 0.1) is 18.8 Å². The number of aromatic nitrogens is 2. The van der Waals surface area contributed by atoms with E-state index in [1.54, 1.807) is 0 Å². The number of nitrogens with one attached hydrogen (secondary N) is 2. The lowest BCUT2D eigenvalue weighted by Gasteiger charge is -2.33. The number of aryl methyl sites for hydroxylation is 2. The molecule has 0 unspecified atom stereocenters. The van der Waals surface area contributed by atoms with Crippen LogP contribution in [0.1, 0.15) is 44.9 Å². The Hall–Kier alpha value is -3.61. The van der Waals surface area contributed by atoms with E-state index in [9.17, 15) is 9.59 Å². The molecule has 184 valence electrons. The van der Waals surface area contributed by atoms with Gasteiger partial charge in [-0.1, -0.05) is 51.1 Å². The van der Waals surface area contributed by atoms with E-state index in [-0.39, 0.29) is 23.7 Å². The smallest absolute Gasteiger partial charge is 0.227 e. The maximum absolute atomic E-state index is 13.0. The number of carbonyl (C=O) groups excluding carboxylic acids is 2. The molecule has 7 heteroatoms. The van der Waals surface area contributed by atoms with Crippen LogP contribution < -0.4 is 15.5 Å². The van der Waals surface area contributed by atoms with Gasteiger partial charge in [-0.15, -0.1) is 0 Å². The third kappa shape index (κ3) is 5.56. The lowest BCUT2D eigenvalue weighted by molar-refractivity contribution is -0.120. The Morgan fingerprint density at radius 2 is 1.74 bits per heavy atom. The highest BCUT2D eigenvalue weighted by molar-refractivity contribution is 5.96. The lowest BCUT2D eigenvalue weighted by atomic mass is 9.95. The van der Waals surface area contributed by atoms with Gasteiger partial charge in [0.1, 0.15) is 5.69 Å². The van der Waals surface area contributed by atoms with Crippen molar-refractivity contribution in [3.63, 3.8) is 0 Å². The van der Waals surface area contributed by atoms with Crippen molar-refractivity contribution in [1.29, 1.82) is 0 Å². The van der Waals surface area contributed by atoms with E-state index in [1.807, 2.05) is 74.0 Å². The van der Waals surface area contributed by atoms with Crippen molar-refractivity contribution in [2.75, 3.05) is 28.6 Å². The molecule has 7 nitrogen and oxygen atoms in total. The van der Waals surface area contributed by atoms with Crippen LogP contribution in [0.2, 0.25) is 0 Å². The quantitative estimate of drug-likeness (QED) is 0.495. The summed E-state index contributed by atoms with van der Waals surface area (Å²) in [6, 6.07) is 18.0. The van der Waals surface area contributed by atoms with Crippen molar-refractivity contribution in [3.05, 3.63) is 65.9 Å². The summed E-state index contributed by atoms with van der Waals surface area (Å²) in [6.07, 6.45) is 2.40. The number of hydrogen-bond donors (Lipinski definition) is 2. The fourth-order valence-electron chi connectivity index (χ4n) is 4.44. The maximum atomic E-state index is 13.0. The van der Waals surface area contributed by atoms with Crippen LogP contribution in [0.5, 0.6) is 0 Å². The summed E-state index contributed by atoms with van der Waals surface area (Å²) in [5, 5.41) is 11.0. The minimum Gasteiger partial charge on any atom is -0.355 e. The highest BCUT2D eigenvalue weighted by Gasteiger charge is 2.30. The second kappa shape index (κ2) is 10.8. The highest BCUT2D eigenvalue weighted by Crippen LogP contribution is 2.35. The Bertz CT molecular complexity index is 1180. The molecule has 0 aliphatic carbocycles. The van der Waals surface area contributed by atoms with Crippen molar-refractivity contribution in [2.45, 2.75) is 47.0 Å². The predicted molar refractivity (Wildman–Crippen MR) is 141 cm³/mol. The number of rotatable bonds is 7. The summed E-state index contributed by atoms with van der Waals surface area (Å²) in [5.74, 6) is 0.712. The third-order valence-electron chi connectivity index (χ3n) is 6.58. The van der Waals surface area contributed by atoms with Crippen LogP contribution in [-0.2, 0) is 16.0 Å². The van der Waals surface area contributed by atoms with Gasteiger partial charge in [-0.25, -0.2) is 4.68 Å². The molecule has 0 bridgehead atoms. The Kier molecular flexibility index (Phi) is 7.54. The largest absolute Gasteiger partial charge is 0.355 e. The first-order chi connectivity index (χ1) is 16.9. The average molecular weight is 474 g/mol. The molecule has 35 heavy (non-hydrogen) atoms. The van der Waals surface area contributed by atoms with E-state index in [0.717, 1.165) is 47.8 Å². The molecule has 0 atom stereocenters. The van der Waals surface area contributed by atoms with E-state index in [2.05, 4.69) is 28.5 Å². The number of amides is 2. The van der Waals surface area contributed by atoms with Crippen molar-refractivity contribution in [2.24, 2.45) is 11.8 Å². The van der Waals surface area contributed by atoms with Gasteiger partial charge in [0, 0.05) is 30.6 Å². The zero-order chi connectivity index (χ0) is 24.9. The van der Waals surface area contributed by atoms with Crippen LogP contribution in [0.4, 0.5) is 17.2 Å². The first-order valence-corrected chi connectivity index (χ1v) is 12.5. The molecule has 2 aromatic carbocycles. The minimum absolute atomic E-state index is 0.0365. The van der Waals surface area contributed by atoms with Crippen LogP contribution >= 0.6 is 0 Å². The van der Waals surface area contributed by atoms with Gasteiger partial charge in [-0.2, -0.15) is 5.10 Å². The standard InChI is InChI=1S/C28H35N5O2/c1-5-21-10-9-11-23(18-21)29-27(35)22-14-16-32(17-15-22)28-25(30-26(34)19(2)3)20(4)31-33(28)24-12-7-6-8-13-24/h6-13,18-19,22H,5,14-17H2,1-4H3,(H,29,35)(H,30,34). The SMILES string of the molecule is CCc1cccc(NC(=O)C2CCN(c3c(NC(=O)C(C)C)c(C)nn3-c3ccccc3)CC2)c1. The van der Waals surface area contributed by atoms with E-state index in [0.29, 0.717) is 13.1 Å². The van der Waals surface area contributed by atoms with Gasteiger partial charge in [-0.05, 0) is 56.0 Å². The van der Waals surface area contributed by atoms with Crippen LogP contribution in [0.15, 0.2) is 54.6 Å². The lowest BCUT2D eigenvalue weighted by Crippen LogP contribution is -2.39. The first-order valence-electron chi connectivity index (χ1n) is 12.5. The number of hydrogen-bond acceptors (Lipinski definition) is 4. The zero-order valence-electron chi connectivity index (χ0n) is 21.0. The van der Waals surface area contributed by atoms with Gasteiger partial charge in [0.15, 0.2) is 5.82 Å². The van der Waals surface area contributed by atoms with E-state index < -0.39 is 0 Å². The van der Waals surface area contributed by atoms with Crippen molar-refractivity contribution in [1.82, 2.24) is 9.78 Å². The Balaban J connectivity index is 1.54. The Morgan fingerprint density at radius 1 is 1.03 bits per heavy atom. The molecule has 2 amide bonds. The molecular formula is C28H35N5O2. The average Bonchev–Trinajstić information content (AvgIpc) is 3.20. The first kappa shape index (κ1) is 24.5. The summed E-state index contributed by atoms with van der Waals surface area (Å²) >= 11 is 0. The van der Waals surface area contributed by atoms with E-state index in [4.69, 9.17) is 5.10 Å². The van der Waals surface area contributed by atoms with Gasteiger partial charge in [0.05, 0.1) is 11.4 Å². The topological polar surface area (TPSA) is 79.3 Å². The highest BCUT2D eigenvalue weighted by atomic mass is 16.2. The molecule has 4 rings (SSSR count). The number of carbonyl (C=O) groups is 2. The van der Waals surface area contributed by atoms with Crippen LogP contribution in [0.25, 0.3) is 5.69 Å². The second-order valence-electron chi connectivity index (χ2n) is 9.48. The molecule has 1 aromatic heterocycles. The fraction of sp³-hybridized carbons (Fsp3) is 0.393. The van der Waals surface area contributed by atoms with Gasteiger partial charge < -0.3 is 15.5 Å². The number of piperidine rings is 1. The molecule has 0 spiro atoms. The Morgan fingerprint density at radius 3 is 2.40 bits per heavy atom. The van der Waals surface area contributed by atoms with Gasteiger partial charge in [0.25, 0.3) is 0 Å². The summed E-state index contributed by atoms with van der Waals surface area (Å²) in [7, 11) is 0. The Labute approximate surface area is 207 Å². The van der Waals surface area contributed by atoms with Crippen molar-refractivity contribution in [3.8, 4) is 5.69 Å². The number of para-hydroxylation sites is 1. The summed E-state index contributed by atoms with van der Waals surface area (Å²) in [4.78, 5) is 27.8. The van der Waals surface area contributed by atoms with E-state index >= 15 is 0 Å². The van der Waals surface area contributed by atoms with Crippen LogP contribution in [0.3, 0.4) is 0 Å². The molecule has 1 fully saturated rings. The number of nitrogens with zero attached hydrogens (tertiary/aromatic N) is 3. The summed E-state index contributed by atoms with van der Waals surface area (Å²) < 4.78 is 1.90. The molecule has 1 saturated heterocycles. The van der Waals surface area contributed by atoms with Crippen LogP contribution in [-0.4, -0.2) is 34.7 Å². The predicted octanol–water partition coefficient (Wildman–Crippen LogP) is 5.19. The molecule has 2 heterocycles. The monoisotopic (exact) mass is 473 g/mol. The zero-order valence-corrected chi connectivity index (χ0v) is 21.0. The molecule has 3 aromatic rings. The van der Waals surface area contributed by atoms with Gasteiger partial charge in [0.2, 0.25) is 11.8 Å². The maximum Gasteiger partial charge on any atom is 0.227 e. The van der Waals surface area contributed by atoms with E-state index in [1.165, 1.54) is 5.56 Å². The number of benzene rings is 2. The molecule has 2 N–H and O–H groups in total. The molecule has 1 aliphatic heterocycles. The van der Waals surface area contributed by atoms with Crippen molar-refractivity contribution >= 4 is 29.0 Å². The molecular weight excluding hydrogens is 438 g/mol. The molecule has 1 aliphatic rings. The second-order valence-corrected chi connectivity index (χ2v) is 9.48. The van der Waals surface area contributed by atoms with Gasteiger partial charge >= 0.3 is 0 Å². The third-order valence-corrected chi connectivity index (χ3v) is 6.58. The normalized spacial score (nSPS) is 14.3. The summed E-state index contributed by atoms with van der Waals surface area (Å²) in [5.41, 5.74) is 4.51. The molecule has 0 saturated carbocycles. The summed E-state index contributed by atoms with van der Waals surface area (Å²) in [6.45, 7) is 9.20.